The van der Waals surface area contributed by atoms with E-state index < -0.39 is 17.4 Å². The highest BCUT2D eigenvalue weighted by Gasteiger charge is 2.24. The number of hydrogen-bond acceptors (Lipinski definition) is 3. The topological polar surface area (TPSA) is 38.3 Å². The largest absolute Gasteiger partial charge is 0.434 e. The van der Waals surface area contributed by atoms with E-state index in [0.29, 0.717) is 17.1 Å². The Labute approximate surface area is 113 Å². The normalized spacial score (nSPS) is 28.1. The van der Waals surface area contributed by atoms with Gasteiger partial charge in [-0.15, -0.1) is 0 Å². The highest BCUT2D eigenvalue weighted by atomic mass is 32.2. The van der Waals surface area contributed by atoms with Gasteiger partial charge in [-0.3, -0.25) is 4.21 Å². The summed E-state index contributed by atoms with van der Waals surface area (Å²) in [6, 6.07) is 6.67. The number of hydrogen-bond donors (Lipinski definition) is 1. The SMILES string of the molecule is CC1CCS(=O)CC(c2ccccc2OC(F)F)N1. The van der Waals surface area contributed by atoms with Crippen LogP contribution in [-0.2, 0) is 10.8 Å². The molecule has 6 heteroatoms. The van der Waals surface area contributed by atoms with Crippen LogP contribution in [0.25, 0.3) is 0 Å². The van der Waals surface area contributed by atoms with Crippen LogP contribution in [0.2, 0.25) is 0 Å². The van der Waals surface area contributed by atoms with E-state index in [0.717, 1.165) is 6.42 Å². The fraction of sp³-hybridized carbons (Fsp3) is 0.538. The fourth-order valence-electron chi connectivity index (χ4n) is 2.20. The van der Waals surface area contributed by atoms with Crippen LogP contribution >= 0.6 is 0 Å². The van der Waals surface area contributed by atoms with Crippen molar-refractivity contribution in [2.75, 3.05) is 11.5 Å². The van der Waals surface area contributed by atoms with Crippen molar-refractivity contribution in [3.05, 3.63) is 29.8 Å². The van der Waals surface area contributed by atoms with E-state index in [4.69, 9.17) is 0 Å². The third-order valence-corrected chi connectivity index (χ3v) is 4.52. The van der Waals surface area contributed by atoms with Crippen molar-refractivity contribution >= 4 is 10.8 Å². The molecule has 1 heterocycles. The van der Waals surface area contributed by atoms with Crippen LogP contribution < -0.4 is 10.1 Å². The summed E-state index contributed by atoms with van der Waals surface area (Å²) in [6.07, 6.45) is 0.820. The minimum Gasteiger partial charge on any atom is -0.434 e. The lowest BCUT2D eigenvalue weighted by atomic mass is 10.1. The van der Waals surface area contributed by atoms with Crippen molar-refractivity contribution in [3.63, 3.8) is 0 Å². The van der Waals surface area contributed by atoms with E-state index >= 15 is 0 Å². The molecule has 1 N–H and O–H groups in total. The first-order valence-corrected chi connectivity index (χ1v) is 7.70. The summed E-state index contributed by atoms with van der Waals surface area (Å²) in [7, 11) is -0.935. The molecule has 1 aliphatic heterocycles. The van der Waals surface area contributed by atoms with E-state index in [9.17, 15) is 13.0 Å². The molecule has 0 radical (unpaired) electrons. The van der Waals surface area contributed by atoms with Crippen LogP contribution in [-0.4, -0.2) is 28.4 Å². The number of halogens is 2. The molecule has 3 atom stereocenters. The number of nitrogens with one attached hydrogen (secondary N) is 1. The quantitative estimate of drug-likeness (QED) is 0.929. The van der Waals surface area contributed by atoms with Crippen molar-refractivity contribution in [2.24, 2.45) is 0 Å². The number of benzene rings is 1. The Morgan fingerprint density at radius 1 is 1.42 bits per heavy atom. The van der Waals surface area contributed by atoms with E-state index in [1.165, 1.54) is 6.07 Å². The Hall–Kier alpha value is -1.01. The maximum atomic E-state index is 12.4. The van der Waals surface area contributed by atoms with Gasteiger partial charge in [-0.1, -0.05) is 18.2 Å². The summed E-state index contributed by atoms with van der Waals surface area (Å²) in [6.45, 7) is -0.846. The minimum absolute atomic E-state index is 0.154. The lowest BCUT2D eigenvalue weighted by molar-refractivity contribution is -0.0506. The molecule has 0 saturated carbocycles. The molecule has 1 saturated heterocycles. The molecule has 19 heavy (non-hydrogen) atoms. The zero-order valence-electron chi connectivity index (χ0n) is 10.6. The second-order valence-electron chi connectivity index (χ2n) is 4.64. The molecule has 1 fully saturated rings. The fourth-order valence-corrected chi connectivity index (χ4v) is 3.63. The third-order valence-electron chi connectivity index (χ3n) is 3.13. The number of ether oxygens (including phenoxy) is 1. The lowest BCUT2D eigenvalue weighted by Crippen LogP contribution is -2.31. The highest BCUT2D eigenvalue weighted by Crippen LogP contribution is 2.28. The average molecular weight is 289 g/mol. The summed E-state index contributed by atoms with van der Waals surface area (Å²) in [5.74, 6) is 1.22. The van der Waals surface area contributed by atoms with Crippen LogP contribution in [0.4, 0.5) is 8.78 Å². The second-order valence-corrected chi connectivity index (χ2v) is 6.26. The molecule has 0 spiro atoms. The molecule has 2 rings (SSSR count). The molecule has 0 aliphatic carbocycles. The van der Waals surface area contributed by atoms with Gasteiger partial charge in [0.15, 0.2) is 0 Å². The summed E-state index contributed by atoms with van der Waals surface area (Å²) in [5, 5.41) is 3.32. The van der Waals surface area contributed by atoms with Gasteiger partial charge in [-0.05, 0) is 19.4 Å². The van der Waals surface area contributed by atoms with Gasteiger partial charge in [-0.25, -0.2) is 0 Å². The van der Waals surface area contributed by atoms with Crippen molar-refractivity contribution in [3.8, 4) is 5.75 Å². The number of para-hydroxylation sites is 1. The van der Waals surface area contributed by atoms with E-state index in [1.807, 2.05) is 6.92 Å². The maximum Gasteiger partial charge on any atom is 0.387 e. The lowest BCUT2D eigenvalue weighted by Gasteiger charge is -2.21. The van der Waals surface area contributed by atoms with Gasteiger partial charge >= 0.3 is 6.61 Å². The molecule has 106 valence electrons. The van der Waals surface area contributed by atoms with Crippen LogP contribution in [0.1, 0.15) is 24.9 Å². The smallest absolute Gasteiger partial charge is 0.387 e. The molecule has 0 amide bonds. The summed E-state index contributed by atoms with van der Waals surface area (Å²) < 4.78 is 41.2. The first-order chi connectivity index (χ1) is 9.06. The van der Waals surface area contributed by atoms with Gasteiger partial charge in [0.25, 0.3) is 0 Å². The Bertz CT molecular complexity index is 456. The monoisotopic (exact) mass is 289 g/mol. The van der Waals surface area contributed by atoms with Gasteiger partial charge in [0.1, 0.15) is 5.75 Å². The van der Waals surface area contributed by atoms with E-state index in [1.54, 1.807) is 18.2 Å². The Kier molecular flexibility index (Phi) is 4.87. The van der Waals surface area contributed by atoms with E-state index in [2.05, 4.69) is 10.1 Å². The van der Waals surface area contributed by atoms with Crippen molar-refractivity contribution in [1.29, 1.82) is 0 Å². The van der Waals surface area contributed by atoms with Crippen LogP contribution in [0.15, 0.2) is 24.3 Å². The Morgan fingerprint density at radius 2 is 2.16 bits per heavy atom. The molecule has 0 aromatic heterocycles. The highest BCUT2D eigenvalue weighted by molar-refractivity contribution is 7.85. The maximum absolute atomic E-state index is 12.4. The Balaban J connectivity index is 2.26. The van der Waals surface area contributed by atoms with Gasteiger partial charge in [0, 0.05) is 40.0 Å². The van der Waals surface area contributed by atoms with Gasteiger partial charge < -0.3 is 10.1 Å². The molecule has 1 aliphatic rings. The average Bonchev–Trinajstić information content (AvgIpc) is 2.51. The molecular weight excluding hydrogens is 272 g/mol. The van der Waals surface area contributed by atoms with Gasteiger partial charge in [-0.2, -0.15) is 8.78 Å². The van der Waals surface area contributed by atoms with Crippen LogP contribution in [0.5, 0.6) is 5.75 Å². The summed E-state index contributed by atoms with van der Waals surface area (Å²) >= 11 is 0. The standard InChI is InChI=1S/C13H17F2NO2S/c1-9-6-7-19(17)8-11(16-9)10-4-2-3-5-12(10)18-13(14)15/h2-5,9,11,13,16H,6-8H2,1H3. The molecule has 1 aromatic carbocycles. The Morgan fingerprint density at radius 3 is 2.89 bits per heavy atom. The van der Waals surface area contributed by atoms with Crippen LogP contribution in [0.3, 0.4) is 0 Å². The predicted octanol–water partition coefficient (Wildman–Crippen LogP) is 2.46. The first kappa shape index (κ1) is 14.4. The van der Waals surface area contributed by atoms with E-state index in [-0.39, 0.29) is 17.8 Å². The van der Waals surface area contributed by atoms with Crippen LogP contribution in [0, 0.1) is 0 Å². The predicted molar refractivity (Wildman–Crippen MR) is 70.9 cm³/mol. The number of rotatable bonds is 3. The zero-order chi connectivity index (χ0) is 13.8. The second kappa shape index (κ2) is 6.43. The van der Waals surface area contributed by atoms with Gasteiger partial charge in [0.05, 0.1) is 0 Å². The first-order valence-electron chi connectivity index (χ1n) is 6.21. The zero-order valence-corrected chi connectivity index (χ0v) is 11.5. The molecule has 0 bridgehead atoms. The molecule has 3 nitrogen and oxygen atoms in total. The molecular formula is C13H17F2NO2S. The van der Waals surface area contributed by atoms with Gasteiger partial charge in [0.2, 0.25) is 0 Å². The minimum atomic E-state index is -2.85. The number of alkyl halides is 2. The van der Waals surface area contributed by atoms with Crippen molar-refractivity contribution in [1.82, 2.24) is 5.32 Å². The molecule has 1 aromatic rings. The third kappa shape index (κ3) is 3.98. The van der Waals surface area contributed by atoms with Crippen molar-refractivity contribution < 1.29 is 17.7 Å². The van der Waals surface area contributed by atoms with Crippen molar-refractivity contribution in [2.45, 2.75) is 32.0 Å². The molecule has 3 unspecified atom stereocenters. The summed E-state index contributed by atoms with van der Waals surface area (Å²) in [5.41, 5.74) is 0.643. The summed E-state index contributed by atoms with van der Waals surface area (Å²) in [4.78, 5) is 0.